The first-order chi connectivity index (χ1) is 6.24. The molecule has 1 amide bonds. The Morgan fingerprint density at radius 1 is 1.54 bits per heavy atom. The van der Waals surface area contributed by atoms with Crippen molar-refractivity contribution in [1.82, 2.24) is 10.6 Å². The van der Waals surface area contributed by atoms with E-state index in [9.17, 15) is 4.79 Å². The molecule has 1 rings (SSSR count). The first-order valence-corrected chi connectivity index (χ1v) is 5.19. The van der Waals surface area contributed by atoms with Crippen LogP contribution in [0.1, 0.15) is 32.6 Å². The summed E-state index contributed by atoms with van der Waals surface area (Å²) in [7, 11) is 1.80. The lowest BCUT2D eigenvalue weighted by molar-refractivity contribution is -0.122. The van der Waals surface area contributed by atoms with Crippen LogP contribution in [0.25, 0.3) is 0 Å². The van der Waals surface area contributed by atoms with Gasteiger partial charge in [0.05, 0.1) is 6.04 Å². The zero-order valence-electron chi connectivity index (χ0n) is 8.60. The molecule has 3 heteroatoms. The molecule has 0 spiro atoms. The van der Waals surface area contributed by atoms with Crippen molar-refractivity contribution in [3.8, 4) is 0 Å². The van der Waals surface area contributed by atoms with Crippen LogP contribution in [0, 0.1) is 5.92 Å². The van der Waals surface area contributed by atoms with E-state index in [1.807, 2.05) is 6.92 Å². The summed E-state index contributed by atoms with van der Waals surface area (Å²) >= 11 is 0. The summed E-state index contributed by atoms with van der Waals surface area (Å²) in [4.78, 5) is 11.3. The zero-order chi connectivity index (χ0) is 9.68. The molecule has 0 radical (unpaired) electrons. The highest BCUT2D eigenvalue weighted by molar-refractivity contribution is 5.81. The predicted molar refractivity (Wildman–Crippen MR) is 53.5 cm³/mol. The quantitative estimate of drug-likeness (QED) is 0.602. The SMILES string of the molecule is CNC(C)C(=O)NCCCC1CC1. The van der Waals surface area contributed by atoms with Gasteiger partial charge < -0.3 is 10.6 Å². The van der Waals surface area contributed by atoms with Crippen molar-refractivity contribution >= 4 is 5.91 Å². The van der Waals surface area contributed by atoms with Gasteiger partial charge in [0.15, 0.2) is 0 Å². The van der Waals surface area contributed by atoms with E-state index in [0.717, 1.165) is 18.9 Å². The summed E-state index contributed by atoms with van der Waals surface area (Å²) in [6.07, 6.45) is 5.22. The number of hydrogen-bond acceptors (Lipinski definition) is 2. The molecule has 2 N–H and O–H groups in total. The fourth-order valence-corrected chi connectivity index (χ4v) is 1.29. The Balaban J connectivity index is 1.94. The molecular formula is C10H20N2O. The van der Waals surface area contributed by atoms with Gasteiger partial charge >= 0.3 is 0 Å². The van der Waals surface area contributed by atoms with Crippen LogP contribution in [-0.2, 0) is 4.79 Å². The molecule has 0 aromatic carbocycles. The van der Waals surface area contributed by atoms with Gasteiger partial charge in [-0.2, -0.15) is 0 Å². The Hall–Kier alpha value is -0.570. The van der Waals surface area contributed by atoms with E-state index in [2.05, 4.69) is 10.6 Å². The third-order valence-corrected chi connectivity index (χ3v) is 2.61. The highest BCUT2D eigenvalue weighted by Gasteiger charge is 2.20. The minimum absolute atomic E-state index is 0.0686. The summed E-state index contributed by atoms with van der Waals surface area (Å²) in [6.45, 7) is 2.71. The van der Waals surface area contributed by atoms with Crippen molar-refractivity contribution in [3.05, 3.63) is 0 Å². The summed E-state index contributed by atoms with van der Waals surface area (Å²) in [5.41, 5.74) is 0. The van der Waals surface area contributed by atoms with E-state index in [4.69, 9.17) is 0 Å². The molecule has 1 aliphatic rings. The highest BCUT2D eigenvalue weighted by atomic mass is 16.2. The number of likely N-dealkylation sites (N-methyl/N-ethyl adjacent to an activating group) is 1. The van der Waals surface area contributed by atoms with Crippen molar-refractivity contribution in [1.29, 1.82) is 0 Å². The average molecular weight is 184 g/mol. The third kappa shape index (κ3) is 4.27. The van der Waals surface area contributed by atoms with Crippen LogP contribution in [-0.4, -0.2) is 25.5 Å². The first-order valence-electron chi connectivity index (χ1n) is 5.19. The second-order valence-electron chi connectivity index (χ2n) is 3.89. The molecule has 13 heavy (non-hydrogen) atoms. The van der Waals surface area contributed by atoms with Gasteiger partial charge in [-0.3, -0.25) is 4.79 Å². The molecule has 1 saturated carbocycles. The van der Waals surface area contributed by atoms with E-state index >= 15 is 0 Å². The van der Waals surface area contributed by atoms with Gasteiger partial charge in [0.2, 0.25) is 5.91 Å². The maximum absolute atomic E-state index is 11.3. The maximum atomic E-state index is 11.3. The summed E-state index contributed by atoms with van der Waals surface area (Å²) in [6, 6.07) is -0.0686. The number of rotatable bonds is 6. The van der Waals surface area contributed by atoms with Crippen LogP contribution in [0.4, 0.5) is 0 Å². The molecule has 0 bridgehead atoms. The third-order valence-electron chi connectivity index (χ3n) is 2.61. The average Bonchev–Trinajstić information content (AvgIpc) is 2.94. The second kappa shape index (κ2) is 5.22. The number of carbonyl (C=O) groups excluding carboxylic acids is 1. The number of hydrogen-bond donors (Lipinski definition) is 2. The topological polar surface area (TPSA) is 41.1 Å². The van der Waals surface area contributed by atoms with Gasteiger partial charge in [0, 0.05) is 6.54 Å². The van der Waals surface area contributed by atoms with Crippen LogP contribution in [0.15, 0.2) is 0 Å². The fraction of sp³-hybridized carbons (Fsp3) is 0.900. The van der Waals surface area contributed by atoms with Crippen molar-refractivity contribution in [2.45, 2.75) is 38.6 Å². The lowest BCUT2D eigenvalue weighted by Crippen LogP contribution is -2.40. The Bertz CT molecular complexity index is 166. The number of carbonyl (C=O) groups is 1. The van der Waals surface area contributed by atoms with Gasteiger partial charge in [-0.25, -0.2) is 0 Å². The molecule has 1 unspecified atom stereocenters. The van der Waals surface area contributed by atoms with Gasteiger partial charge in [0.25, 0.3) is 0 Å². The van der Waals surface area contributed by atoms with Gasteiger partial charge in [0.1, 0.15) is 0 Å². The fourth-order valence-electron chi connectivity index (χ4n) is 1.29. The van der Waals surface area contributed by atoms with Gasteiger partial charge in [-0.1, -0.05) is 12.8 Å². The lowest BCUT2D eigenvalue weighted by atomic mass is 10.2. The molecule has 0 saturated heterocycles. The minimum atomic E-state index is -0.0686. The Morgan fingerprint density at radius 3 is 2.77 bits per heavy atom. The molecule has 0 aromatic rings. The van der Waals surface area contributed by atoms with Crippen LogP contribution in [0.3, 0.4) is 0 Å². The predicted octanol–water partition coefficient (Wildman–Crippen LogP) is 0.901. The van der Waals surface area contributed by atoms with Crippen molar-refractivity contribution in [3.63, 3.8) is 0 Å². The molecule has 1 fully saturated rings. The molecule has 1 atom stereocenters. The molecule has 1 aliphatic carbocycles. The standard InChI is InChI=1S/C10H20N2O/c1-8(11-2)10(13)12-7-3-4-9-5-6-9/h8-9,11H,3-7H2,1-2H3,(H,12,13). The molecule has 0 aromatic heterocycles. The Labute approximate surface area is 80.3 Å². The van der Waals surface area contributed by atoms with E-state index in [1.54, 1.807) is 7.05 Å². The minimum Gasteiger partial charge on any atom is -0.355 e. The molecule has 76 valence electrons. The lowest BCUT2D eigenvalue weighted by Gasteiger charge is -2.10. The van der Waals surface area contributed by atoms with Crippen LogP contribution >= 0.6 is 0 Å². The largest absolute Gasteiger partial charge is 0.355 e. The van der Waals surface area contributed by atoms with E-state index in [-0.39, 0.29) is 11.9 Å². The van der Waals surface area contributed by atoms with Crippen LogP contribution in [0.2, 0.25) is 0 Å². The normalized spacial score (nSPS) is 18.3. The van der Waals surface area contributed by atoms with Crippen LogP contribution < -0.4 is 10.6 Å². The van der Waals surface area contributed by atoms with Crippen molar-refractivity contribution < 1.29 is 4.79 Å². The zero-order valence-corrected chi connectivity index (χ0v) is 8.60. The maximum Gasteiger partial charge on any atom is 0.236 e. The van der Waals surface area contributed by atoms with E-state index < -0.39 is 0 Å². The second-order valence-corrected chi connectivity index (χ2v) is 3.89. The number of amides is 1. The van der Waals surface area contributed by atoms with E-state index in [1.165, 1.54) is 19.3 Å². The van der Waals surface area contributed by atoms with Gasteiger partial charge in [-0.05, 0) is 32.7 Å². The smallest absolute Gasteiger partial charge is 0.236 e. The highest BCUT2D eigenvalue weighted by Crippen LogP contribution is 2.33. The monoisotopic (exact) mass is 184 g/mol. The van der Waals surface area contributed by atoms with E-state index in [0.29, 0.717) is 0 Å². The Kier molecular flexibility index (Phi) is 4.22. The Morgan fingerprint density at radius 2 is 2.23 bits per heavy atom. The first kappa shape index (κ1) is 10.5. The van der Waals surface area contributed by atoms with Crippen molar-refractivity contribution in [2.24, 2.45) is 5.92 Å². The van der Waals surface area contributed by atoms with Gasteiger partial charge in [-0.15, -0.1) is 0 Å². The number of nitrogens with one attached hydrogen (secondary N) is 2. The molecular weight excluding hydrogens is 164 g/mol. The van der Waals surface area contributed by atoms with Crippen LogP contribution in [0.5, 0.6) is 0 Å². The molecule has 0 heterocycles. The van der Waals surface area contributed by atoms with Crippen molar-refractivity contribution in [2.75, 3.05) is 13.6 Å². The summed E-state index contributed by atoms with van der Waals surface area (Å²) in [5.74, 6) is 1.08. The molecule has 3 nitrogen and oxygen atoms in total. The summed E-state index contributed by atoms with van der Waals surface area (Å²) in [5, 5.41) is 5.83. The molecule has 0 aliphatic heterocycles. The summed E-state index contributed by atoms with van der Waals surface area (Å²) < 4.78 is 0.